The molecule has 15 heavy (non-hydrogen) atoms. The van der Waals surface area contributed by atoms with E-state index in [0.29, 0.717) is 6.54 Å². The van der Waals surface area contributed by atoms with Gasteiger partial charge in [0.15, 0.2) is 0 Å². The summed E-state index contributed by atoms with van der Waals surface area (Å²) in [4.78, 5) is 15.9. The van der Waals surface area contributed by atoms with E-state index in [9.17, 15) is 4.79 Å². The van der Waals surface area contributed by atoms with Gasteiger partial charge in [-0.25, -0.2) is 4.98 Å². The van der Waals surface area contributed by atoms with Crippen molar-refractivity contribution in [1.29, 1.82) is 0 Å². The molecule has 80 valence electrons. The van der Waals surface area contributed by atoms with Crippen molar-refractivity contribution in [1.82, 2.24) is 10.3 Å². The van der Waals surface area contributed by atoms with Crippen LogP contribution in [0.3, 0.4) is 0 Å². The Morgan fingerprint density at radius 1 is 1.47 bits per heavy atom. The van der Waals surface area contributed by atoms with Crippen LogP contribution in [-0.2, 0) is 11.3 Å². The third kappa shape index (κ3) is 1.91. The lowest BCUT2D eigenvalue weighted by Gasteiger charge is -2.10. The van der Waals surface area contributed by atoms with Gasteiger partial charge in [-0.05, 0) is 31.1 Å². The van der Waals surface area contributed by atoms with Crippen LogP contribution in [0.25, 0.3) is 0 Å². The Morgan fingerprint density at radius 2 is 2.27 bits per heavy atom. The first kappa shape index (κ1) is 9.33. The second-order valence-electron chi connectivity index (χ2n) is 4.57. The van der Waals surface area contributed by atoms with Gasteiger partial charge in [0, 0.05) is 17.5 Å². The molecule has 2 atom stereocenters. The maximum atomic E-state index is 11.8. The van der Waals surface area contributed by atoms with Crippen molar-refractivity contribution in [2.75, 3.05) is 0 Å². The molecule has 1 aromatic rings. The largest absolute Gasteiger partial charge is 0.349 e. The van der Waals surface area contributed by atoms with E-state index < -0.39 is 0 Å². The zero-order valence-corrected chi connectivity index (χ0v) is 9.30. The summed E-state index contributed by atoms with van der Waals surface area (Å²) in [6.07, 6.45) is 5.38. The first-order chi connectivity index (χ1) is 7.33. The lowest BCUT2D eigenvalue weighted by atomic mass is 10.0. The van der Waals surface area contributed by atoms with Gasteiger partial charge in [0.1, 0.15) is 5.01 Å². The summed E-state index contributed by atoms with van der Waals surface area (Å²) < 4.78 is 0. The fourth-order valence-electron chi connectivity index (χ4n) is 2.58. The number of carbonyl (C=O) groups is 1. The van der Waals surface area contributed by atoms with E-state index in [1.807, 2.05) is 5.38 Å². The van der Waals surface area contributed by atoms with Crippen LogP contribution in [0, 0.1) is 17.8 Å². The molecule has 1 heterocycles. The van der Waals surface area contributed by atoms with Crippen molar-refractivity contribution in [3.05, 3.63) is 16.6 Å². The molecule has 2 aliphatic carbocycles. The van der Waals surface area contributed by atoms with E-state index in [4.69, 9.17) is 0 Å². The fraction of sp³-hybridized carbons (Fsp3) is 0.636. The summed E-state index contributed by atoms with van der Waals surface area (Å²) in [5.41, 5.74) is 0. The first-order valence-electron chi connectivity index (χ1n) is 5.49. The molecule has 2 unspecified atom stereocenters. The SMILES string of the molecule is O=C(NCc1nccs1)C1CC2CC2C1. The summed E-state index contributed by atoms with van der Waals surface area (Å²) in [6, 6.07) is 0. The van der Waals surface area contributed by atoms with Crippen LogP contribution >= 0.6 is 11.3 Å². The molecule has 1 amide bonds. The number of nitrogens with zero attached hydrogens (tertiary/aromatic N) is 1. The topological polar surface area (TPSA) is 42.0 Å². The highest BCUT2D eigenvalue weighted by molar-refractivity contribution is 7.09. The number of amides is 1. The first-order valence-corrected chi connectivity index (χ1v) is 6.37. The predicted molar refractivity (Wildman–Crippen MR) is 58.3 cm³/mol. The molecule has 0 spiro atoms. The van der Waals surface area contributed by atoms with Gasteiger partial charge in [0.2, 0.25) is 5.91 Å². The Kier molecular flexibility index (Phi) is 2.24. The third-order valence-corrected chi connectivity index (χ3v) is 4.29. The van der Waals surface area contributed by atoms with E-state index in [-0.39, 0.29) is 11.8 Å². The number of hydrogen-bond acceptors (Lipinski definition) is 3. The average Bonchev–Trinajstić information content (AvgIpc) is 2.75. The van der Waals surface area contributed by atoms with Gasteiger partial charge in [0.25, 0.3) is 0 Å². The smallest absolute Gasteiger partial charge is 0.223 e. The summed E-state index contributed by atoms with van der Waals surface area (Å²) >= 11 is 1.59. The van der Waals surface area contributed by atoms with Crippen LogP contribution in [0.1, 0.15) is 24.3 Å². The van der Waals surface area contributed by atoms with Crippen LogP contribution in [-0.4, -0.2) is 10.9 Å². The van der Waals surface area contributed by atoms with Gasteiger partial charge in [-0.15, -0.1) is 11.3 Å². The minimum absolute atomic E-state index is 0.234. The predicted octanol–water partition coefficient (Wildman–Crippen LogP) is 1.81. The Morgan fingerprint density at radius 3 is 2.93 bits per heavy atom. The lowest BCUT2D eigenvalue weighted by molar-refractivity contribution is -0.125. The second-order valence-corrected chi connectivity index (χ2v) is 5.55. The van der Waals surface area contributed by atoms with Crippen molar-refractivity contribution in [3.63, 3.8) is 0 Å². The highest BCUT2D eigenvalue weighted by atomic mass is 32.1. The maximum Gasteiger partial charge on any atom is 0.223 e. The van der Waals surface area contributed by atoms with Crippen molar-refractivity contribution in [2.45, 2.75) is 25.8 Å². The van der Waals surface area contributed by atoms with Gasteiger partial charge in [-0.3, -0.25) is 4.79 Å². The Hall–Kier alpha value is -0.900. The lowest BCUT2D eigenvalue weighted by Crippen LogP contribution is -2.29. The van der Waals surface area contributed by atoms with E-state index in [1.165, 1.54) is 6.42 Å². The number of thiazole rings is 1. The van der Waals surface area contributed by atoms with E-state index in [0.717, 1.165) is 29.7 Å². The van der Waals surface area contributed by atoms with Crippen LogP contribution < -0.4 is 5.32 Å². The third-order valence-electron chi connectivity index (χ3n) is 3.51. The number of rotatable bonds is 3. The standard InChI is InChI=1S/C11H14N2OS/c14-11(9-4-7-3-8(7)5-9)13-6-10-12-1-2-15-10/h1-2,7-9H,3-6H2,(H,13,14). The zero-order valence-electron chi connectivity index (χ0n) is 8.48. The molecule has 2 fully saturated rings. The molecule has 0 aromatic carbocycles. The normalized spacial score (nSPS) is 32.4. The number of fused-ring (bicyclic) bond motifs is 1. The summed E-state index contributed by atoms with van der Waals surface area (Å²) in [5, 5.41) is 5.91. The molecule has 2 saturated carbocycles. The van der Waals surface area contributed by atoms with Crippen LogP contribution in [0.15, 0.2) is 11.6 Å². The second kappa shape index (κ2) is 3.59. The van der Waals surface area contributed by atoms with E-state index >= 15 is 0 Å². The molecule has 0 bridgehead atoms. The minimum atomic E-state index is 0.234. The summed E-state index contributed by atoms with van der Waals surface area (Å²) in [5.74, 6) is 2.27. The Labute approximate surface area is 92.9 Å². The van der Waals surface area contributed by atoms with E-state index in [1.54, 1.807) is 17.5 Å². The molecule has 2 aliphatic rings. The van der Waals surface area contributed by atoms with E-state index in [2.05, 4.69) is 10.3 Å². The van der Waals surface area contributed by atoms with Gasteiger partial charge >= 0.3 is 0 Å². The Balaban J connectivity index is 1.49. The van der Waals surface area contributed by atoms with Crippen molar-refractivity contribution < 1.29 is 4.79 Å². The van der Waals surface area contributed by atoms with Crippen molar-refractivity contribution >= 4 is 17.2 Å². The zero-order chi connectivity index (χ0) is 10.3. The molecule has 3 nitrogen and oxygen atoms in total. The van der Waals surface area contributed by atoms with Crippen molar-refractivity contribution in [2.24, 2.45) is 17.8 Å². The van der Waals surface area contributed by atoms with Gasteiger partial charge in [0.05, 0.1) is 6.54 Å². The highest BCUT2D eigenvalue weighted by Gasteiger charge is 2.47. The molecule has 0 radical (unpaired) electrons. The molecular weight excluding hydrogens is 208 g/mol. The highest BCUT2D eigenvalue weighted by Crippen LogP contribution is 2.54. The molecule has 0 aliphatic heterocycles. The molecule has 4 heteroatoms. The molecule has 3 rings (SSSR count). The maximum absolute atomic E-state index is 11.8. The van der Waals surface area contributed by atoms with Crippen LogP contribution in [0.4, 0.5) is 0 Å². The van der Waals surface area contributed by atoms with Crippen LogP contribution in [0.5, 0.6) is 0 Å². The number of hydrogen-bond donors (Lipinski definition) is 1. The Bertz CT molecular complexity index is 353. The number of nitrogens with one attached hydrogen (secondary N) is 1. The number of carbonyl (C=O) groups excluding carboxylic acids is 1. The van der Waals surface area contributed by atoms with Crippen molar-refractivity contribution in [3.8, 4) is 0 Å². The monoisotopic (exact) mass is 222 g/mol. The van der Waals surface area contributed by atoms with Crippen LogP contribution in [0.2, 0.25) is 0 Å². The summed E-state index contributed by atoms with van der Waals surface area (Å²) in [6.45, 7) is 0.600. The fourth-order valence-corrected chi connectivity index (χ4v) is 3.13. The quantitative estimate of drug-likeness (QED) is 0.847. The molecule has 1 N–H and O–H groups in total. The molecule has 1 aromatic heterocycles. The summed E-state index contributed by atoms with van der Waals surface area (Å²) in [7, 11) is 0. The van der Waals surface area contributed by atoms with Gasteiger partial charge < -0.3 is 5.32 Å². The molecular formula is C11H14N2OS. The average molecular weight is 222 g/mol. The molecule has 0 saturated heterocycles. The van der Waals surface area contributed by atoms with Gasteiger partial charge in [-0.1, -0.05) is 0 Å². The van der Waals surface area contributed by atoms with Gasteiger partial charge in [-0.2, -0.15) is 0 Å². The minimum Gasteiger partial charge on any atom is -0.349 e. The number of aromatic nitrogens is 1.